The van der Waals surface area contributed by atoms with E-state index in [4.69, 9.17) is 4.98 Å². The first-order valence-electron chi connectivity index (χ1n) is 8.84. The molecular formula is C18H28N4O. The molecule has 2 aliphatic rings. The van der Waals surface area contributed by atoms with Crippen LogP contribution in [0.4, 0.5) is 0 Å². The molecule has 23 heavy (non-hydrogen) atoms. The Morgan fingerprint density at radius 1 is 1.39 bits per heavy atom. The van der Waals surface area contributed by atoms with Gasteiger partial charge in [0, 0.05) is 62.4 Å². The van der Waals surface area contributed by atoms with Crippen molar-refractivity contribution in [3.05, 3.63) is 23.3 Å². The van der Waals surface area contributed by atoms with Gasteiger partial charge in [0.2, 0.25) is 5.91 Å². The van der Waals surface area contributed by atoms with Crippen LogP contribution in [0.15, 0.2) is 6.20 Å². The Balaban J connectivity index is 1.70. The highest BCUT2D eigenvalue weighted by Crippen LogP contribution is 2.26. The third kappa shape index (κ3) is 3.89. The van der Waals surface area contributed by atoms with Crippen molar-refractivity contribution >= 4 is 5.91 Å². The lowest BCUT2D eigenvalue weighted by Gasteiger charge is -2.33. The SMILES string of the molecule is CC(C)CC(=O)N1CCCC(c2ncc3c(n2)CCN(C)C3)C1. The van der Waals surface area contributed by atoms with Gasteiger partial charge in [-0.2, -0.15) is 0 Å². The molecule has 5 nitrogen and oxygen atoms in total. The standard InChI is InChI=1S/C18H28N4O/c1-13(2)9-17(23)22-7-4-5-14(12-22)18-19-10-15-11-21(3)8-6-16(15)20-18/h10,13-14H,4-9,11-12H2,1-3H3. The molecule has 1 aromatic rings. The monoisotopic (exact) mass is 316 g/mol. The van der Waals surface area contributed by atoms with Gasteiger partial charge in [-0.25, -0.2) is 9.97 Å². The summed E-state index contributed by atoms with van der Waals surface area (Å²) in [5.74, 6) is 1.93. The maximum atomic E-state index is 12.3. The summed E-state index contributed by atoms with van der Waals surface area (Å²) in [5.41, 5.74) is 2.46. The second-order valence-electron chi connectivity index (χ2n) is 7.46. The summed E-state index contributed by atoms with van der Waals surface area (Å²) in [6.45, 7) is 7.88. The van der Waals surface area contributed by atoms with E-state index in [2.05, 4.69) is 30.8 Å². The van der Waals surface area contributed by atoms with Crippen LogP contribution in [0.3, 0.4) is 0 Å². The average Bonchev–Trinajstić information content (AvgIpc) is 2.54. The third-order valence-corrected chi connectivity index (χ3v) is 4.87. The Kier molecular flexibility index (Phi) is 4.95. The summed E-state index contributed by atoms with van der Waals surface area (Å²) in [7, 11) is 2.14. The van der Waals surface area contributed by atoms with Crippen molar-refractivity contribution in [3.63, 3.8) is 0 Å². The fraction of sp³-hybridized carbons (Fsp3) is 0.722. The largest absolute Gasteiger partial charge is 0.342 e. The summed E-state index contributed by atoms with van der Waals surface area (Å²) in [6.07, 6.45) is 5.79. The van der Waals surface area contributed by atoms with Crippen molar-refractivity contribution in [3.8, 4) is 0 Å². The molecule has 0 radical (unpaired) electrons. The van der Waals surface area contributed by atoms with Crippen molar-refractivity contribution in [1.29, 1.82) is 0 Å². The summed E-state index contributed by atoms with van der Waals surface area (Å²) >= 11 is 0. The molecule has 1 fully saturated rings. The molecule has 0 bridgehead atoms. The average molecular weight is 316 g/mol. The molecule has 5 heteroatoms. The van der Waals surface area contributed by atoms with Crippen LogP contribution in [0.1, 0.15) is 56.1 Å². The van der Waals surface area contributed by atoms with Crippen LogP contribution in [0.2, 0.25) is 0 Å². The van der Waals surface area contributed by atoms with E-state index < -0.39 is 0 Å². The van der Waals surface area contributed by atoms with Crippen LogP contribution in [0.5, 0.6) is 0 Å². The third-order valence-electron chi connectivity index (χ3n) is 4.87. The fourth-order valence-electron chi connectivity index (χ4n) is 3.56. The number of nitrogens with zero attached hydrogens (tertiary/aromatic N) is 4. The van der Waals surface area contributed by atoms with Crippen LogP contribution in [-0.2, 0) is 17.8 Å². The molecule has 3 rings (SSSR count). The van der Waals surface area contributed by atoms with Crippen LogP contribution in [0, 0.1) is 5.92 Å². The Morgan fingerprint density at radius 2 is 2.22 bits per heavy atom. The highest BCUT2D eigenvalue weighted by atomic mass is 16.2. The molecule has 3 heterocycles. The summed E-state index contributed by atoms with van der Waals surface area (Å²) in [5, 5.41) is 0. The lowest BCUT2D eigenvalue weighted by Crippen LogP contribution is -2.40. The topological polar surface area (TPSA) is 49.3 Å². The van der Waals surface area contributed by atoms with E-state index in [1.54, 1.807) is 0 Å². The van der Waals surface area contributed by atoms with Crippen molar-refractivity contribution in [2.45, 2.75) is 52.0 Å². The highest BCUT2D eigenvalue weighted by Gasteiger charge is 2.27. The van der Waals surface area contributed by atoms with Crippen LogP contribution < -0.4 is 0 Å². The van der Waals surface area contributed by atoms with E-state index >= 15 is 0 Å². The molecule has 1 unspecified atom stereocenters. The molecule has 1 saturated heterocycles. The number of likely N-dealkylation sites (tertiary alicyclic amines) is 1. The maximum absolute atomic E-state index is 12.3. The normalized spacial score (nSPS) is 22.3. The summed E-state index contributed by atoms with van der Waals surface area (Å²) in [6, 6.07) is 0. The van der Waals surface area contributed by atoms with Gasteiger partial charge < -0.3 is 9.80 Å². The molecule has 0 aromatic carbocycles. The van der Waals surface area contributed by atoms with Crippen molar-refractivity contribution in [2.75, 3.05) is 26.7 Å². The van der Waals surface area contributed by atoms with Crippen molar-refractivity contribution in [1.82, 2.24) is 19.8 Å². The number of likely N-dealkylation sites (N-methyl/N-ethyl adjacent to an activating group) is 1. The predicted molar refractivity (Wildman–Crippen MR) is 90.1 cm³/mol. The quantitative estimate of drug-likeness (QED) is 0.858. The predicted octanol–water partition coefficient (Wildman–Crippen LogP) is 2.22. The van der Waals surface area contributed by atoms with E-state index in [9.17, 15) is 4.79 Å². The van der Waals surface area contributed by atoms with E-state index in [0.29, 0.717) is 18.3 Å². The minimum atomic E-state index is 0.282. The smallest absolute Gasteiger partial charge is 0.222 e. The number of hydrogen-bond acceptors (Lipinski definition) is 4. The zero-order valence-corrected chi connectivity index (χ0v) is 14.6. The van der Waals surface area contributed by atoms with Crippen LogP contribution in [-0.4, -0.2) is 52.4 Å². The Morgan fingerprint density at radius 3 is 3.00 bits per heavy atom. The van der Waals surface area contributed by atoms with Gasteiger partial charge in [-0.05, 0) is 25.8 Å². The molecule has 1 amide bonds. The molecule has 1 aromatic heterocycles. The Hall–Kier alpha value is -1.49. The molecule has 0 N–H and O–H groups in total. The van der Waals surface area contributed by atoms with Crippen molar-refractivity contribution in [2.24, 2.45) is 5.92 Å². The summed E-state index contributed by atoms with van der Waals surface area (Å²) < 4.78 is 0. The molecule has 0 spiro atoms. The molecule has 1 atom stereocenters. The van der Waals surface area contributed by atoms with Crippen LogP contribution in [0.25, 0.3) is 0 Å². The first-order valence-corrected chi connectivity index (χ1v) is 8.84. The minimum Gasteiger partial charge on any atom is -0.342 e. The van der Waals surface area contributed by atoms with E-state index in [1.807, 2.05) is 11.1 Å². The highest BCUT2D eigenvalue weighted by molar-refractivity contribution is 5.76. The maximum Gasteiger partial charge on any atom is 0.222 e. The first-order chi connectivity index (χ1) is 11.0. The number of amides is 1. The minimum absolute atomic E-state index is 0.282. The molecule has 0 saturated carbocycles. The van der Waals surface area contributed by atoms with E-state index in [0.717, 1.165) is 51.3 Å². The van der Waals surface area contributed by atoms with Gasteiger partial charge in [-0.1, -0.05) is 13.8 Å². The number of carbonyl (C=O) groups excluding carboxylic acids is 1. The van der Waals surface area contributed by atoms with E-state index in [-0.39, 0.29) is 5.91 Å². The number of carbonyl (C=O) groups is 1. The van der Waals surface area contributed by atoms with Gasteiger partial charge in [0.15, 0.2) is 0 Å². The summed E-state index contributed by atoms with van der Waals surface area (Å²) in [4.78, 5) is 26.1. The zero-order valence-electron chi connectivity index (χ0n) is 14.6. The van der Waals surface area contributed by atoms with Crippen molar-refractivity contribution < 1.29 is 4.79 Å². The number of piperidine rings is 1. The van der Waals surface area contributed by atoms with Crippen LogP contribution >= 0.6 is 0 Å². The first kappa shape index (κ1) is 16.4. The molecule has 2 aliphatic heterocycles. The van der Waals surface area contributed by atoms with Gasteiger partial charge in [0.1, 0.15) is 5.82 Å². The number of rotatable bonds is 3. The second kappa shape index (κ2) is 6.95. The van der Waals surface area contributed by atoms with Gasteiger partial charge in [-0.3, -0.25) is 4.79 Å². The fourth-order valence-corrected chi connectivity index (χ4v) is 3.56. The lowest BCUT2D eigenvalue weighted by molar-refractivity contribution is -0.133. The zero-order chi connectivity index (χ0) is 16.4. The van der Waals surface area contributed by atoms with E-state index in [1.165, 1.54) is 11.3 Å². The van der Waals surface area contributed by atoms with Gasteiger partial charge in [-0.15, -0.1) is 0 Å². The van der Waals surface area contributed by atoms with Gasteiger partial charge >= 0.3 is 0 Å². The molecule has 126 valence electrons. The Bertz CT molecular complexity index is 572. The Labute approximate surface area is 139 Å². The molecular weight excluding hydrogens is 288 g/mol. The van der Waals surface area contributed by atoms with Gasteiger partial charge in [0.25, 0.3) is 0 Å². The van der Waals surface area contributed by atoms with Gasteiger partial charge in [0.05, 0.1) is 0 Å². The number of hydrogen-bond donors (Lipinski definition) is 0. The number of fused-ring (bicyclic) bond motifs is 1. The lowest BCUT2D eigenvalue weighted by atomic mass is 9.95. The molecule has 0 aliphatic carbocycles. The second-order valence-corrected chi connectivity index (χ2v) is 7.46. The number of aromatic nitrogens is 2.